The van der Waals surface area contributed by atoms with Gasteiger partial charge in [-0.1, -0.05) is 25.1 Å². The third-order valence-corrected chi connectivity index (χ3v) is 5.11. The molecule has 0 saturated heterocycles. The van der Waals surface area contributed by atoms with Crippen molar-refractivity contribution in [1.29, 1.82) is 0 Å². The van der Waals surface area contributed by atoms with Crippen molar-refractivity contribution in [2.75, 3.05) is 6.26 Å². The van der Waals surface area contributed by atoms with Crippen LogP contribution in [0.5, 0.6) is 0 Å². The van der Waals surface area contributed by atoms with Gasteiger partial charge in [0.15, 0.2) is 16.1 Å². The zero-order valence-corrected chi connectivity index (χ0v) is 13.8. The standard InChI is InChI=1S/C18H17NO3S/c1-3-13-4-7-15-10-17(18(12-20)19(15)11-13)14-5-8-16(9-6-14)23(2,21)22/h4-12H,3H2,1-2H3. The smallest absolute Gasteiger partial charge is 0.175 e. The maximum atomic E-state index is 11.6. The minimum absolute atomic E-state index is 0.269. The number of rotatable bonds is 4. The number of benzene rings is 1. The molecule has 1 aromatic carbocycles. The van der Waals surface area contributed by atoms with Crippen LogP contribution in [-0.2, 0) is 16.3 Å². The van der Waals surface area contributed by atoms with Crippen LogP contribution < -0.4 is 0 Å². The lowest BCUT2D eigenvalue weighted by molar-refractivity contribution is 0.111. The fraction of sp³-hybridized carbons (Fsp3) is 0.167. The number of fused-ring (bicyclic) bond motifs is 1. The van der Waals surface area contributed by atoms with Gasteiger partial charge in [-0.15, -0.1) is 0 Å². The van der Waals surface area contributed by atoms with Gasteiger partial charge in [0.25, 0.3) is 0 Å². The normalized spacial score (nSPS) is 11.7. The Labute approximate surface area is 135 Å². The molecule has 5 heteroatoms. The second-order valence-corrected chi connectivity index (χ2v) is 7.56. The average molecular weight is 327 g/mol. The van der Waals surface area contributed by atoms with Gasteiger partial charge in [0.05, 0.1) is 10.6 Å². The van der Waals surface area contributed by atoms with Crippen molar-refractivity contribution in [3.63, 3.8) is 0 Å². The van der Waals surface area contributed by atoms with E-state index in [1.165, 1.54) is 6.26 Å². The van der Waals surface area contributed by atoms with E-state index in [2.05, 4.69) is 6.92 Å². The number of nitrogens with zero attached hydrogens (tertiary/aromatic N) is 1. The summed E-state index contributed by atoms with van der Waals surface area (Å²) in [6, 6.07) is 12.6. The summed E-state index contributed by atoms with van der Waals surface area (Å²) >= 11 is 0. The van der Waals surface area contributed by atoms with Crippen molar-refractivity contribution < 1.29 is 13.2 Å². The molecule has 0 aliphatic rings. The molecular weight excluding hydrogens is 310 g/mol. The van der Waals surface area contributed by atoms with Crippen molar-refractivity contribution in [3.8, 4) is 11.1 Å². The first-order chi connectivity index (χ1) is 10.9. The van der Waals surface area contributed by atoms with Crippen LogP contribution in [0.4, 0.5) is 0 Å². The summed E-state index contributed by atoms with van der Waals surface area (Å²) in [5.41, 5.74) is 4.28. The number of sulfone groups is 1. The first kappa shape index (κ1) is 15.5. The molecule has 118 valence electrons. The Morgan fingerprint density at radius 2 is 1.78 bits per heavy atom. The Kier molecular flexibility index (Phi) is 3.82. The topological polar surface area (TPSA) is 55.6 Å². The number of aromatic nitrogens is 1. The van der Waals surface area contributed by atoms with Crippen molar-refractivity contribution >= 4 is 21.6 Å². The zero-order chi connectivity index (χ0) is 16.6. The fourth-order valence-electron chi connectivity index (χ4n) is 2.68. The molecule has 0 amide bonds. The summed E-state index contributed by atoms with van der Waals surface area (Å²) in [7, 11) is -3.23. The highest BCUT2D eigenvalue weighted by molar-refractivity contribution is 7.90. The van der Waals surface area contributed by atoms with Crippen LogP contribution in [0, 0.1) is 0 Å². The molecule has 0 atom stereocenters. The second-order valence-electron chi connectivity index (χ2n) is 5.54. The maximum Gasteiger partial charge on any atom is 0.175 e. The number of carbonyl (C=O) groups excluding carboxylic acids is 1. The molecule has 0 radical (unpaired) electrons. The van der Waals surface area contributed by atoms with Crippen LogP contribution in [0.2, 0.25) is 0 Å². The number of carbonyl (C=O) groups is 1. The highest BCUT2D eigenvalue weighted by Gasteiger charge is 2.13. The molecule has 3 rings (SSSR count). The molecule has 4 nitrogen and oxygen atoms in total. The molecule has 23 heavy (non-hydrogen) atoms. The van der Waals surface area contributed by atoms with Gasteiger partial charge in [-0.25, -0.2) is 8.42 Å². The number of hydrogen-bond donors (Lipinski definition) is 0. The van der Waals surface area contributed by atoms with E-state index in [1.807, 2.05) is 28.8 Å². The van der Waals surface area contributed by atoms with Gasteiger partial charge in [-0.2, -0.15) is 0 Å². The molecule has 2 aromatic heterocycles. The molecule has 3 aromatic rings. The first-order valence-electron chi connectivity index (χ1n) is 7.33. The van der Waals surface area contributed by atoms with E-state index in [0.717, 1.165) is 34.9 Å². The molecule has 2 heterocycles. The van der Waals surface area contributed by atoms with Crippen LogP contribution in [-0.4, -0.2) is 25.4 Å². The molecule has 0 aliphatic heterocycles. The van der Waals surface area contributed by atoms with Crippen LogP contribution in [0.1, 0.15) is 23.0 Å². The SMILES string of the molecule is CCc1ccc2cc(-c3ccc(S(C)(=O)=O)cc3)c(C=O)n2c1. The summed E-state index contributed by atoms with van der Waals surface area (Å²) < 4.78 is 25.0. The predicted octanol–water partition coefficient (Wildman–Crippen LogP) is 3.38. The summed E-state index contributed by atoms with van der Waals surface area (Å²) in [5.74, 6) is 0. The lowest BCUT2D eigenvalue weighted by Crippen LogP contribution is -1.97. The van der Waals surface area contributed by atoms with E-state index in [1.54, 1.807) is 24.3 Å². The highest BCUT2D eigenvalue weighted by Crippen LogP contribution is 2.28. The average Bonchev–Trinajstić information content (AvgIpc) is 2.91. The highest BCUT2D eigenvalue weighted by atomic mass is 32.2. The molecule has 0 saturated carbocycles. The minimum Gasteiger partial charge on any atom is -0.313 e. The van der Waals surface area contributed by atoms with Crippen molar-refractivity contribution in [2.24, 2.45) is 0 Å². The number of hydrogen-bond acceptors (Lipinski definition) is 3. The molecule has 0 N–H and O–H groups in total. The number of aryl methyl sites for hydroxylation is 1. The molecule has 0 unspecified atom stereocenters. The largest absolute Gasteiger partial charge is 0.313 e. The summed E-state index contributed by atoms with van der Waals surface area (Å²) in [5, 5.41) is 0. The lowest BCUT2D eigenvalue weighted by Gasteiger charge is -2.04. The fourth-order valence-corrected chi connectivity index (χ4v) is 3.31. The van der Waals surface area contributed by atoms with E-state index in [0.29, 0.717) is 5.69 Å². The molecule has 0 spiro atoms. The summed E-state index contributed by atoms with van der Waals surface area (Å²) in [6.45, 7) is 2.07. The van der Waals surface area contributed by atoms with Gasteiger partial charge in [0, 0.05) is 23.5 Å². The Morgan fingerprint density at radius 3 is 2.35 bits per heavy atom. The Hall–Kier alpha value is -2.40. The van der Waals surface area contributed by atoms with E-state index < -0.39 is 9.84 Å². The van der Waals surface area contributed by atoms with Gasteiger partial charge in [-0.3, -0.25) is 4.79 Å². The lowest BCUT2D eigenvalue weighted by atomic mass is 10.1. The third kappa shape index (κ3) is 2.80. The van der Waals surface area contributed by atoms with Crippen molar-refractivity contribution in [1.82, 2.24) is 4.40 Å². The van der Waals surface area contributed by atoms with Gasteiger partial charge in [0.1, 0.15) is 0 Å². The monoisotopic (exact) mass is 327 g/mol. The van der Waals surface area contributed by atoms with Crippen LogP contribution in [0.15, 0.2) is 53.6 Å². The molecular formula is C18H17NO3S. The molecule has 0 aliphatic carbocycles. The summed E-state index contributed by atoms with van der Waals surface area (Å²) in [4.78, 5) is 11.9. The van der Waals surface area contributed by atoms with Crippen LogP contribution >= 0.6 is 0 Å². The van der Waals surface area contributed by atoms with Crippen molar-refractivity contribution in [3.05, 3.63) is 59.9 Å². The van der Waals surface area contributed by atoms with E-state index in [4.69, 9.17) is 0 Å². The van der Waals surface area contributed by atoms with E-state index >= 15 is 0 Å². The Morgan fingerprint density at radius 1 is 1.09 bits per heavy atom. The van der Waals surface area contributed by atoms with E-state index in [-0.39, 0.29) is 4.90 Å². The van der Waals surface area contributed by atoms with Crippen LogP contribution in [0.3, 0.4) is 0 Å². The molecule has 0 bridgehead atoms. The van der Waals surface area contributed by atoms with Crippen molar-refractivity contribution in [2.45, 2.75) is 18.2 Å². The summed E-state index contributed by atoms with van der Waals surface area (Å²) in [6.07, 6.45) is 4.88. The van der Waals surface area contributed by atoms with E-state index in [9.17, 15) is 13.2 Å². The van der Waals surface area contributed by atoms with Gasteiger partial charge in [-0.05, 0) is 41.8 Å². The maximum absolute atomic E-state index is 11.6. The quantitative estimate of drug-likeness (QED) is 0.690. The number of pyridine rings is 1. The molecule has 0 fully saturated rings. The first-order valence-corrected chi connectivity index (χ1v) is 9.23. The third-order valence-electron chi connectivity index (χ3n) is 3.98. The van der Waals surface area contributed by atoms with Gasteiger partial charge >= 0.3 is 0 Å². The van der Waals surface area contributed by atoms with Gasteiger partial charge in [0.2, 0.25) is 0 Å². The number of aldehydes is 1. The van der Waals surface area contributed by atoms with Gasteiger partial charge < -0.3 is 4.40 Å². The minimum atomic E-state index is -3.23. The van der Waals surface area contributed by atoms with Crippen LogP contribution in [0.25, 0.3) is 16.6 Å². The zero-order valence-electron chi connectivity index (χ0n) is 13.0. The second kappa shape index (κ2) is 5.66. The predicted molar refractivity (Wildman–Crippen MR) is 90.7 cm³/mol. The Balaban J connectivity index is 2.17. The Bertz CT molecular complexity index is 983.